The van der Waals surface area contributed by atoms with Gasteiger partial charge in [-0.1, -0.05) is 6.07 Å². The Bertz CT molecular complexity index is 519. The number of hydrogen-bond acceptors (Lipinski definition) is 3. The van der Waals surface area contributed by atoms with Crippen LogP contribution in [0.2, 0.25) is 0 Å². The highest BCUT2D eigenvalue weighted by molar-refractivity contribution is 9.10. The number of aryl methyl sites for hydroxylation is 1. The molecule has 6 heteroatoms. The molecule has 0 atom stereocenters. The minimum absolute atomic E-state index is 0.0821. The second-order valence-electron chi connectivity index (χ2n) is 2.62. The summed E-state index contributed by atoms with van der Waals surface area (Å²) in [6.45, 7) is 1.72. The zero-order chi connectivity index (χ0) is 10.9. The van der Waals surface area contributed by atoms with Gasteiger partial charge in [-0.2, -0.15) is 5.26 Å². The van der Waals surface area contributed by atoms with Crippen LogP contribution in [0.4, 0.5) is 0 Å². The molecule has 0 unspecified atom stereocenters. The highest BCUT2D eigenvalue weighted by Gasteiger charge is 2.17. The van der Waals surface area contributed by atoms with Gasteiger partial charge in [0.15, 0.2) is 0 Å². The first kappa shape index (κ1) is 11.5. The van der Waals surface area contributed by atoms with Gasteiger partial charge in [-0.05, 0) is 34.5 Å². The van der Waals surface area contributed by atoms with Crippen molar-refractivity contribution in [1.82, 2.24) is 0 Å². The van der Waals surface area contributed by atoms with Crippen molar-refractivity contribution in [1.29, 1.82) is 5.26 Å². The lowest BCUT2D eigenvalue weighted by atomic mass is 10.1. The van der Waals surface area contributed by atoms with Crippen LogP contribution in [0.1, 0.15) is 11.1 Å². The number of nitriles is 1. The number of benzene rings is 1. The summed E-state index contributed by atoms with van der Waals surface area (Å²) in [6, 6.07) is 4.81. The molecule has 74 valence electrons. The van der Waals surface area contributed by atoms with E-state index in [2.05, 4.69) is 15.9 Å². The van der Waals surface area contributed by atoms with Gasteiger partial charge >= 0.3 is 0 Å². The number of hydrogen-bond donors (Lipinski definition) is 0. The van der Waals surface area contributed by atoms with Gasteiger partial charge < -0.3 is 0 Å². The van der Waals surface area contributed by atoms with Gasteiger partial charge in [-0.3, -0.25) is 0 Å². The van der Waals surface area contributed by atoms with E-state index in [1.165, 1.54) is 6.07 Å². The van der Waals surface area contributed by atoms with Gasteiger partial charge in [0.25, 0.3) is 9.05 Å². The number of rotatable bonds is 1. The Morgan fingerprint density at radius 2 is 2.07 bits per heavy atom. The monoisotopic (exact) mass is 293 g/mol. The van der Waals surface area contributed by atoms with E-state index in [9.17, 15) is 8.42 Å². The maximum absolute atomic E-state index is 11.1. The van der Waals surface area contributed by atoms with E-state index in [1.54, 1.807) is 13.0 Å². The van der Waals surface area contributed by atoms with Gasteiger partial charge in [-0.25, -0.2) is 8.42 Å². The van der Waals surface area contributed by atoms with Crippen LogP contribution in [0.5, 0.6) is 0 Å². The first-order valence-corrected chi connectivity index (χ1v) is 6.62. The Hall–Kier alpha value is -0.570. The lowest BCUT2D eigenvalue weighted by Gasteiger charge is -2.04. The minimum Gasteiger partial charge on any atom is -0.207 e. The molecule has 3 nitrogen and oxygen atoms in total. The Balaban J connectivity index is 3.62. The van der Waals surface area contributed by atoms with E-state index in [0.29, 0.717) is 5.56 Å². The molecule has 0 N–H and O–H groups in total. The van der Waals surface area contributed by atoms with Crippen LogP contribution >= 0.6 is 26.6 Å². The summed E-state index contributed by atoms with van der Waals surface area (Å²) in [5.41, 5.74) is 0.982. The highest BCUT2D eigenvalue weighted by Crippen LogP contribution is 2.29. The van der Waals surface area contributed by atoms with Crippen molar-refractivity contribution in [2.45, 2.75) is 11.8 Å². The third-order valence-electron chi connectivity index (χ3n) is 1.69. The van der Waals surface area contributed by atoms with E-state index in [1.807, 2.05) is 6.07 Å². The largest absolute Gasteiger partial charge is 0.262 e. The third kappa shape index (κ3) is 2.08. The van der Waals surface area contributed by atoms with Crippen molar-refractivity contribution >= 4 is 35.7 Å². The van der Waals surface area contributed by atoms with Crippen LogP contribution in [0.25, 0.3) is 0 Å². The quantitative estimate of drug-likeness (QED) is 0.748. The summed E-state index contributed by atoms with van der Waals surface area (Å²) in [5.74, 6) is 0. The van der Waals surface area contributed by atoms with Crippen LogP contribution < -0.4 is 0 Å². The molecule has 0 saturated carbocycles. The Kier molecular flexibility index (Phi) is 3.20. The predicted molar refractivity (Wildman–Crippen MR) is 56.6 cm³/mol. The van der Waals surface area contributed by atoms with E-state index >= 15 is 0 Å². The molecule has 0 saturated heterocycles. The second-order valence-corrected chi connectivity index (χ2v) is 5.95. The molecule has 0 radical (unpaired) electrons. The molecule has 0 heterocycles. The minimum atomic E-state index is -3.81. The number of nitrogens with zero attached hydrogens (tertiary/aromatic N) is 1. The Morgan fingerprint density at radius 1 is 1.50 bits per heavy atom. The first-order valence-electron chi connectivity index (χ1n) is 3.52. The van der Waals surface area contributed by atoms with Gasteiger partial charge in [-0.15, -0.1) is 0 Å². The Morgan fingerprint density at radius 3 is 2.50 bits per heavy atom. The van der Waals surface area contributed by atoms with Crippen LogP contribution in [0.15, 0.2) is 21.5 Å². The SMILES string of the molecule is Cc1ccc(S(=O)(=O)Cl)c(Br)c1C#N. The van der Waals surface area contributed by atoms with E-state index in [0.717, 1.165) is 0 Å². The average Bonchev–Trinajstić information content (AvgIpc) is 2.02. The molecule has 0 bridgehead atoms. The molecule has 0 aromatic heterocycles. The molecule has 0 fully saturated rings. The van der Waals surface area contributed by atoms with Crippen molar-refractivity contribution in [3.05, 3.63) is 27.7 Å². The van der Waals surface area contributed by atoms with Gasteiger partial charge in [0, 0.05) is 10.7 Å². The molecule has 14 heavy (non-hydrogen) atoms. The van der Waals surface area contributed by atoms with Gasteiger partial charge in [0.1, 0.15) is 6.07 Å². The van der Waals surface area contributed by atoms with Crippen LogP contribution in [-0.4, -0.2) is 8.42 Å². The summed E-state index contributed by atoms with van der Waals surface area (Å²) in [4.78, 5) is -0.0821. The maximum Gasteiger partial charge on any atom is 0.262 e. The molecule has 0 spiro atoms. The molecule has 0 aliphatic carbocycles. The van der Waals surface area contributed by atoms with Crippen LogP contribution in [0, 0.1) is 18.3 Å². The molecule has 0 aliphatic rings. The fraction of sp³-hybridized carbons (Fsp3) is 0.125. The van der Waals surface area contributed by atoms with Crippen molar-refractivity contribution in [3.8, 4) is 6.07 Å². The summed E-state index contributed by atoms with van der Waals surface area (Å²) in [6.07, 6.45) is 0. The molecule has 1 aromatic carbocycles. The Labute approximate surface area is 94.9 Å². The zero-order valence-electron chi connectivity index (χ0n) is 7.08. The smallest absolute Gasteiger partial charge is 0.207 e. The summed E-state index contributed by atoms with van der Waals surface area (Å²) < 4.78 is 22.3. The fourth-order valence-electron chi connectivity index (χ4n) is 0.979. The maximum atomic E-state index is 11.1. The third-order valence-corrected chi connectivity index (χ3v) is 4.14. The number of halogens is 2. The molecule has 0 aliphatic heterocycles. The molecule has 1 aromatic rings. The van der Waals surface area contributed by atoms with Gasteiger partial charge in [0.2, 0.25) is 0 Å². The summed E-state index contributed by atoms with van der Waals surface area (Å²) >= 11 is 3.04. The van der Waals surface area contributed by atoms with Gasteiger partial charge in [0.05, 0.1) is 14.9 Å². The molecular weight excluding hydrogens is 290 g/mol. The lowest BCUT2D eigenvalue weighted by Crippen LogP contribution is -1.96. The highest BCUT2D eigenvalue weighted by atomic mass is 79.9. The zero-order valence-corrected chi connectivity index (χ0v) is 10.2. The first-order chi connectivity index (χ1) is 6.38. The lowest BCUT2D eigenvalue weighted by molar-refractivity contribution is 0.609. The summed E-state index contributed by atoms with van der Waals surface area (Å²) in [7, 11) is 1.37. The second kappa shape index (κ2) is 3.89. The molecule has 1 rings (SSSR count). The topological polar surface area (TPSA) is 57.9 Å². The van der Waals surface area contributed by atoms with Crippen molar-refractivity contribution in [2.24, 2.45) is 0 Å². The summed E-state index contributed by atoms with van der Waals surface area (Å²) in [5, 5.41) is 8.77. The van der Waals surface area contributed by atoms with Crippen molar-refractivity contribution in [2.75, 3.05) is 0 Å². The van der Waals surface area contributed by atoms with Crippen LogP contribution in [-0.2, 0) is 9.05 Å². The molecule has 0 amide bonds. The fourth-order valence-corrected chi connectivity index (χ4v) is 3.36. The average molecular weight is 295 g/mol. The normalized spacial score (nSPS) is 11.0. The van der Waals surface area contributed by atoms with E-state index < -0.39 is 9.05 Å². The van der Waals surface area contributed by atoms with E-state index in [4.69, 9.17) is 15.9 Å². The predicted octanol–water partition coefficient (Wildman–Crippen LogP) is 2.56. The van der Waals surface area contributed by atoms with E-state index in [-0.39, 0.29) is 14.9 Å². The molecular formula is C8H5BrClNO2S. The standard InChI is InChI=1S/C8H5BrClNO2S/c1-5-2-3-7(14(10,12)13)8(9)6(5)4-11/h2-3H,1H3. The van der Waals surface area contributed by atoms with Crippen LogP contribution in [0.3, 0.4) is 0 Å². The van der Waals surface area contributed by atoms with Crippen molar-refractivity contribution in [3.63, 3.8) is 0 Å². The van der Waals surface area contributed by atoms with Crippen molar-refractivity contribution < 1.29 is 8.42 Å².